The minimum atomic E-state index is -0.983. The van der Waals surface area contributed by atoms with Crippen LogP contribution in [0.15, 0.2) is 35.1 Å². The molecule has 1 fully saturated rings. The Morgan fingerprint density at radius 3 is 2.94 bits per heavy atom. The fourth-order valence-electron chi connectivity index (χ4n) is 3.48. The first-order valence-corrected chi connectivity index (χ1v) is 6.02. The first-order chi connectivity index (χ1) is 8.11. The number of hydrogen-bond acceptors (Lipinski definition) is 2. The zero-order chi connectivity index (χ0) is 12.2. The zero-order valence-corrected chi connectivity index (χ0v) is 9.60. The number of nitrogens with zero attached hydrogens (tertiary/aromatic N) is 1. The van der Waals surface area contributed by atoms with E-state index in [0.717, 1.165) is 18.4 Å². The van der Waals surface area contributed by atoms with Gasteiger partial charge in [-0.3, -0.25) is 10.1 Å². The van der Waals surface area contributed by atoms with Gasteiger partial charge in [0, 0.05) is 23.0 Å². The van der Waals surface area contributed by atoms with Crippen molar-refractivity contribution in [3.8, 4) is 0 Å². The Bertz CT molecular complexity index is 478. The largest absolute Gasteiger partial charge is 0.273 e. The van der Waals surface area contributed by atoms with Crippen LogP contribution < -0.4 is 0 Å². The lowest BCUT2D eigenvalue weighted by Crippen LogP contribution is -2.32. The van der Waals surface area contributed by atoms with Crippen LogP contribution in [0.1, 0.15) is 19.8 Å². The average molecular weight is 235 g/mol. The molecular weight excluding hydrogens is 221 g/mol. The monoisotopic (exact) mass is 235 g/mol. The predicted molar refractivity (Wildman–Crippen MR) is 61.5 cm³/mol. The normalized spacial score (nSPS) is 39.1. The summed E-state index contributed by atoms with van der Waals surface area (Å²) in [6, 6.07) is 0. The van der Waals surface area contributed by atoms with Gasteiger partial charge in [0.1, 0.15) is 6.17 Å². The second-order valence-corrected chi connectivity index (χ2v) is 5.12. The van der Waals surface area contributed by atoms with Crippen molar-refractivity contribution >= 4 is 0 Å². The fourth-order valence-corrected chi connectivity index (χ4v) is 3.48. The molecule has 4 atom stereocenters. The van der Waals surface area contributed by atoms with Crippen LogP contribution in [-0.4, -0.2) is 11.1 Å². The molecule has 3 aliphatic carbocycles. The standard InChI is InChI=1S/C13H14FNO2/c1-7-5-6-10-11(7)13(15(16)17)9-4-2-3-8(9)12(10)14/h2-4,7-8,10,12H,5-6H2,1H3. The molecule has 0 spiro atoms. The second-order valence-electron chi connectivity index (χ2n) is 5.12. The van der Waals surface area contributed by atoms with Crippen molar-refractivity contribution in [3.63, 3.8) is 0 Å². The average Bonchev–Trinajstić information content (AvgIpc) is 2.87. The van der Waals surface area contributed by atoms with E-state index in [0.29, 0.717) is 5.57 Å². The number of halogens is 1. The van der Waals surface area contributed by atoms with Crippen molar-refractivity contribution in [1.29, 1.82) is 0 Å². The molecule has 0 saturated heterocycles. The van der Waals surface area contributed by atoms with Crippen LogP contribution in [0.5, 0.6) is 0 Å². The molecule has 4 heteroatoms. The lowest BCUT2D eigenvalue weighted by atomic mass is 9.76. The Labute approximate surface area is 98.9 Å². The van der Waals surface area contributed by atoms with Crippen molar-refractivity contribution < 1.29 is 9.31 Å². The van der Waals surface area contributed by atoms with Crippen LogP contribution >= 0.6 is 0 Å². The summed E-state index contributed by atoms with van der Waals surface area (Å²) in [6.45, 7) is 1.97. The number of hydrogen-bond donors (Lipinski definition) is 0. The summed E-state index contributed by atoms with van der Waals surface area (Å²) < 4.78 is 14.4. The summed E-state index contributed by atoms with van der Waals surface area (Å²) in [5, 5.41) is 11.2. The molecule has 0 N–H and O–H groups in total. The van der Waals surface area contributed by atoms with Crippen molar-refractivity contribution in [2.75, 3.05) is 0 Å². The summed E-state index contributed by atoms with van der Waals surface area (Å²) in [5.41, 5.74) is 1.51. The van der Waals surface area contributed by atoms with E-state index in [9.17, 15) is 14.5 Å². The maximum atomic E-state index is 14.4. The third-order valence-electron chi connectivity index (χ3n) is 4.25. The Kier molecular flexibility index (Phi) is 2.21. The highest BCUT2D eigenvalue weighted by Crippen LogP contribution is 2.51. The van der Waals surface area contributed by atoms with Crippen molar-refractivity contribution in [2.45, 2.75) is 25.9 Å². The zero-order valence-electron chi connectivity index (χ0n) is 9.60. The summed E-state index contributed by atoms with van der Waals surface area (Å²) in [6.07, 6.45) is 5.81. The van der Waals surface area contributed by atoms with Gasteiger partial charge in [-0.1, -0.05) is 25.2 Å². The first-order valence-electron chi connectivity index (χ1n) is 6.02. The minimum Gasteiger partial charge on any atom is -0.258 e. The minimum absolute atomic E-state index is 0.140. The molecule has 0 radical (unpaired) electrons. The SMILES string of the molecule is CC1CCC2C1=C([N+](=O)[O-])C1=CC=CC1C2F. The molecule has 3 aliphatic rings. The van der Waals surface area contributed by atoms with Gasteiger partial charge in [-0.2, -0.15) is 0 Å². The number of allylic oxidation sites excluding steroid dienone is 5. The highest BCUT2D eigenvalue weighted by molar-refractivity contribution is 5.47. The topological polar surface area (TPSA) is 43.1 Å². The van der Waals surface area contributed by atoms with Gasteiger partial charge < -0.3 is 0 Å². The van der Waals surface area contributed by atoms with E-state index in [1.54, 1.807) is 18.2 Å². The van der Waals surface area contributed by atoms with Gasteiger partial charge in [0.05, 0.1) is 4.92 Å². The van der Waals surface area contributed by atoms with E-state index in [2.05, 4.69) is 0 Å². The van der Waals surface area contributed by atoms with Gasteiger partial charge in [-0.25, -0.2) is 4.39 Å². The summed E-state index contributed by atoms with van der Waals surface area (Å²) in [4.78, 5) is 10.9. The van der Waals surface area contributed by atoms with Crippen LogP contribution in [-0.2, 0) is 0 Å². The highest BCUT2D eigenvalue weighted by atomic mass is 19.1. The number of alkyl halides is 1. The van der Waals surface area contributed by atoms with E-state index in [4.69, 9.17) is 0 Å². The lowest BCUT2D eigenvalue weighted by Gasteiger charge is -2.29. The Morgan fingerprint density at radius 1 is 1.47 bits per heavy atom. The van der Waals surface area contributed by atoms with Crippen molar-refractivity contribution in [1.82, 2.24) is 0 Å². The lowest BCUT2D eigenvalue weighted by molar-refractivity contribution is -0.424. The molecule has 3 nitrogen and oxygen atoms in total. The van der Waals surface area contributed by atoms with Gasteiger partial charge in [0.15, 0.2) is 0 Å². The highest BCUT2D eigenvalue weighted by Gasteiger charge is 2.50. The van der Waals surface area contributed by atoms with Crippen molar-refractivity contribution in [2.24, 2.45) is 17.8 Å². The maximum Gasteiger partial charge on any atom is 0.273 e. The molecule has 0 aromatic heterocycles. The number of fused-ring (bicyclic) bond motifs is 2. The molecule has 1 saturated carbocycles. The Morgan fingerprint density at radius 2 is 2.24 bits per heavy atom. The molecule has 90 valence electrons. The molecule has 4 unspecified atom stereocenters. The van der Waals surface area contributed by atoms with Gasteiger partial charge >= 0.3 is 0 Å². The van der Waals surface area contributed by atoms with E-state index < -0.39 is 12.1 Å². The molecular formula is C13H14FNO2. The third kappa shape index (κ3) is 1.33. The van der Waals surface area contributed by atoms with E-state index in [1.807, 2.05) is 6.92 Å². The molecule has 0 aromatic rings. The number of nitro groups is 1. The van der Waals surface area contributed by atoms with Gasteiger partial charge in [-0.05, 0) is 18.8 Å². The van der Waals surface area contributed by atoms with Crippen LogP contribution in [0.2, 0.25) is 0 Å². The number of rotatable bonds is 1. The van der Waals surface area contributed by atoms with Crippen LogP contribution in [0, 0.1) is 27.9 Å². The molecule has 0 aliphatic heterocycles. The summed E-state index contributed by atoms with van der Waals surface area (Å²) >= 11 is 0. The van der Waals surface area contributed by atoms with Crippen molar-refractivity contribution in [3.05, 3.63) is 45.2 Å². The van der Waals surface area contributed by atoms with Gasteiger partial charge in [0.25, 0.3) is 5.70 Å². The van der Waals surface area contributed by atoms with E-state index >= 15 is 0 Å². The smallest absolute Gasteiger partial charge is 0.258 e. The molecule has 0 aromatic carbocycles. The third-order valence-corrected chi connectivity index (χ3v) is 4.25. The van der Waals surface area contributed by atoms with Gasteiger partial charge in [-0.15, -0.1) is 0 Å². The molecule has 0 bridgehead atoms. The predicted octanol–water partition coefficient (Wildman–Crippen LogP) is 3.03. The van der Waals surface area contributed by atoms with Crippen LogP contribution in [0.25, 0.3) is 0 Å². The van der Waals surface area contributed by atoms with E-state index in [1.165, 1.54) is 0 Å². The fraction of sp³-hybridized carbons (Fsp3) is 0.538. The molecule has 0 amide bonds. The Hall–Kier alpha value is -1.45. The molecule has 0 heterocycles. The maximum absolute atomic E-state index is 14.4. The molecule has 3 rings (SSSR count). The van der Waals surface area contributed by atoms with Crippen LogP contribution in [0.4, 0.5) is 4.39 Å². The van der Waals surface area contributed by atoms with E-state index in [-0.39, 0.29) is 22.5 Å². The van der Waals surface area contributed by atoms with Gasteiger partial charge in [0.2, 0.25) is 0 Å². The first kappa shape index (κ1) is 10.7. The second kappa shape index (κ2) is 3.52. The summed E-state index contributed by atoms with van der Waals surface area (Å²) in [5.74, 6) is -0.495. The van der Waals surface area contributed by atoms with Crippen LogP contribution in [0.3, 0.4) is 0 Å². The summed E-state index contributed by atoms with van der Waals surface area (Å²) in [7, 11) is 0. The molecule has 17 heavy (non-hydrogen) atoms. The quantitative estimate of drug-likeness (QED) is 0.518. The Balaban J connectivity index is 2.19.